The number of hydrogen-bond acceptors (Lipinski definition) is 5. The first-order chi connectivity index (χ1) is 13.8. The maximum Gasteiger partial charge on any atom is 0.239 e. The van der Waals surface area contributed by atoms with Crippen LogP contribution in [0.5, 0.6) is 0 Å². The summed E-state index contributed by atoms with van der Waals surface area (Å²) in [5.41, 5.74) is 4.08. The molecule has 160 valence electrons. The van der Waals surface area contributed by atoms with Gasteiger partial charge in [0.25, 0.3) is 0 Å². The normalized spacial score (nSPS) is 21.5. The molecule has 1 aromatic heterocycles. The summed E-state index contributed by atoms with van der Waals surface area (Å²) in [4.78, 5) is 7.96. The van der Waals surface area contributed by atoms with E-state index in [9.17, 15) is 21.6 Å². The summed E-state index contributed by atoms with van der Waals surface area (Å²) in [6, 6.07) is 3.41. The molecular formula is C19H18ClF3N4O2S. The summed E-state index contributed by atoms with van der Waals surface area (Å²) >= 11 is 6.00. The Bertz CT molecular complexity index is 1200. The molecule has 0 unspecified atom stereocenters. The standard InChI is InChI=1S/C19H18ClF3N4O2S/c1-10-4-13(20)17(25-8-10)15(22)7-11-5-12(16(23)14(21)6-11)19(2)9-30(28,29)27(3)18(24)26-19/h4-8H,9H2,1-3H3,(H2,24,26)/b15-7-/t19-/m0/s1. The zero-order valence-corrected chi connectivity index (χ0v) is 17.8. The van der Waals surface area contributed by atoms with Gasteiger partial charge in [-0.05, 0) is 49.2 Å². The number of aliphatic imine (C=N–C) groups is 1. The van der Waals surface area contributed by atoms with Crippen molar-refractivity contribution in [3.05, 3.63) is 63.4 Å². The first kappa shape index (κ1) is 22.1. The molecule has 0 aliphatic carbocycles. The summed E-state index contributed by atoms with van der Waals surface area (Å²) in [7, 11) is -2.71. The third-order valence-electron chi connectivity index (χ3n) is 4.69. The van der Waals surface area contributed by atoms with Gasteiger partial charge in [-0.25, -0.2) is 30.9 Å². The predicted octanol–water partition coefficient (Wildman–Crippen LogP) is 3.59. The Kier molecular flexibility index (Phi) is 5.59. The number of guanidine groups is 1. The molecule has 6 nitrogen and oxygen atoms in total. The Labute approximate surface area is 176 Å². The van der Waals surface area contributed by atoms with E-state index < -0.39 is 38.8 Å². The summed E-state index contributed by atoms with van der Waals surface area (Å²) in [5, 5.41) is 0.0531. The van der Waals surface area contributed by atoms with Gasteiger partial charge in [0, 0.05) is 18.8 Å². The lowest BCUT2D eigenvalue weighted by Gasteiger charge is -2.34. The van der Waals surface area contributed by atoms with Gasteiger partial charge in [0.15, 0.2) is 17.5 Å². The number of nitrogens with two attached hydrogens (primary N) is 1. The zero-order valence-electron chi connectivity index (χ0n) is 16.2. The van der Waals surface area contributed by atoms with Crippen molar-refractivity contribution >= 4 is 39.5 Å². The Hall–Kier alpha value is -2.59. The number of aromatic nitrogens is 1. The lowest BCUT2D eigenvalue weighted by Crippen LogP contribution is -2.50. The van der Waals surface area contributed by atoms with E-state index in [1.807, 2.05) is 0 Å². The molecule has 2 heterocycles. The minimum atomic E-state index is -3.91. The molecule has 1 aromatic carbocycles. The van der Waals surface area contributed by atoms with Crippen LogP contribution in [0, 0.1) is 18.6 Å². The Morgan fingerprint density at radius 1 is 1.33 bits per heavy atom. The zero-order chi connectivity index (χ0) is 22.4. The summed E-state index contributed by atoms with van der Waals surface area (Å²) in [6.07, 6.45) is 2.34. The van der Waals surface area contributed by atoms with E-state index in [1.165, 1.54) is 26.2 Å². The van der Waals surface area contributed by atoms with Crippen molar-refractivity contribution in [2.45, 2.75) is 19.4 Å². The molecule has 2 aromatic rings. The van der Waals surface area contributed by atoms with E-state index in [2.05, 4.69) is 9.98 Å². The SMILES string of the molecule is Cc1cnc(/C(F)=C/c2cc(F)c(F)c([C@]3(C)CS(=O)(=O)N(C)C(N)=N3)c2)c(Cl)c1. The average Bonchev–Trinajstić information content (AvgIpc) is 2.62. The topological polar surface area (TPSA) is 88.7 Å². The van der Waals surface area contributed by atoms with Crippen LogP contribution in [-0.4, -0.2) is 36.5 Å². The highest BCUT2D eigenvalue weighted by atomic mass is 35.5. The molecule has 1 atom stereocenters. The van der Waals surface area contributed by atoms with Gasteiger partial charge in [0.1, 0.15) is 11.2 Å². The van der Waals surface area contributed by atoms with E-state index in [4.69, 9.17) is 17.3 Å². The van der Waals surface area contributed by atoms with Crippen LogP contribution in [0.1, 0.15) is 29.3 Å². The van der Waals surface area contributed by atoms with Crippen molar-refractivity contribution in [1.29, 1.82) is 0 Å². The lowest BCUT2D eigenvalue weighted by atomic mass is 9.92. The van der Waals surface area contributed by atoms with Crippen LogP contribution in [0.3, 0.4) is 0 Å². The van der Waals surface area contributed by atoms with Crippen LogP contribution < -0.4 is 5.73 Å². The van der Waals surface area contributed by atoms with Crippen LogP contribution in [0.25, 0.3) is 11.9 Å². The van der Waals surface area contributed by atoms with Gasteiger partial charge in [0.2, 0.25) is 16.0 Å². The van der Waals surface area contributed by atoms with Gasteiger partial charge in [-0.2, -0.15) is 0 Å². The number of nitrogens with zero attached hydrogens (tertiary/aromatic N) is 3. The maximum atomic E-state index is 14.7. The number of hydrogen-bond donors (Lipinski definition) is 1. The van der Waals surface area contributed by atoms with E-state index in [1.54, 1.807) is 6.92 Å². The Morgan fingerprint density at radius 2 is 2.00 bits per heavy atom. The van der Waals surface area contributed by atoms with Gasteiger partial charge in [-0.15, -0.1) is 0 Å². The van der Waals surface area contributed by atoms with Gasteiger partial charge in [-0.1, -0.05) is 11.6 Å². The van der Waals surface area contributed by atoms with E-state index >= 15 is 0 Å². The first-order valence-electron chi connectivity index (χ1n) is 8.65. The van der Waals surface area contributed by atoms with E-state index in [0.29, 0.717) is 0 Å². The predicted molar refractivity (Wildman–Crippen MR) is 110 cm³/mol. The molecule has 1 aliphatic heterocycles. The van der Waals surface area contributed by atoms with Gasteiger partial charge in [-0.3, -0.25) is 4.98 Å². The molecular weight excluding hydrogens is 441 g/mol. The van der Waals surface area contributed by atoms with Crippen LogP contribution in [0.4, 0.5) is 13.2 Å². The Morgan fingerprint density at radius 3 is 2.60 bits per heavy atom. The van der Waals surface area contributed by atoms with Crippen LogP contribution in [0.2, 0.25) is 5.02 Å². The second kappa shape index (κ2) is 7.59. The molecule has 0 amide bonds. The molecule has 2 N–H and O–H groups in total. The smallest absolute Gasteiger partial charge is 0.239 e. The summed E-state index contributed by atoms with van der Waals surface area (Å²) in [5.74, 6) is -4.47. The molecule has 0 saturated heterocycles. The second-order valence-electron chi connectivity index (χ2n) is 7.17. The molecule has 30 heavy (non-hydrogen) atoms. The number of pyridine rings is 1. The summed E-state index contributed by atoms with van der Waals surface area (Å²) in [6.45, 7) is 3.04. The molecule has 11 heteroatoms. The minimum absolute atomic E-state index is 0.0531. The lowest BCUT2D eigenvalue weighted by molar-refractivity contribution is 0.435. The monoisotopic (exact) mass is 458 g/mol. The fraction of sp³-hybridized carbons (Fsp3) is 0.263. The van der Waals surface area contributed by atoms with E-state index in [0.717, 1.165) is 28.1 Å². The highest BCUT2D eigenvalue weighted by Gasteiger charge is 2.42. The number of halogens is 4. The molecule has 1 aliphatic rings. The summed E-state index contributed by atoms with van der Waals surface area (Å²) < 4.78 is 69.1. The highest BCUT2D eigenvalue weighted by molar-refractivity contribution is 7.89. The second-order valence-corrected chi connectivity index (χ2v) is 9.57. The molecule has 0 spiro atoms. The van der Waals surface area contributed by atoms with E-state index in [-0.39, 0.29) is 27.8 Å². The Balaban J connectivity index is 2.14. The van der Waals surface area contributed by atoms with Gasteiger partial charge < -0.3 is 5.73 Å². The average molecular weight is 459 g/mol. The quantitative estimate of drug-likeness (QED) is 0.761. The van der Waals surface area contributed by atoms with Crippen molar-refractivity contribution < 1.29 is 21.6 Å². The fourth-order valence-electron chi connectivity index (χ4n) is 3.10. The molecule has 0 saturated carbocycles. The third-order valence-corrected chi connectivity index (χ3v) is 6.93. The maximum absolute atomic E-state index is 14.7. The van der Waals surface area contributed by atoms with Crippen LogP contribution in [-0.2, 0) is 15.6 Å². The number of benzene rings is 1. The van der Waals surface area contributed by atoms with Crippen molar-refractivity contribution in [2.24, 2.45) is 10.7 Å². The van der Waals surface area contributed by atoms with Gasteiger partial charge >= 0.3 is 0 Å². The molecule has 0 radical (unpaired) electrons. The van der Waals surface area contributed by atoms with Crippen LogP contribution in [0.15, 0.2) is 29.4 Å². The number of rotatable bonds is 3. The number of sulfonamides is 1. The molecule has 3 rings (SSSR count). The van der Waals surface area contributed by atoms with Gasteiger partial charge in [0.05, 0.1) is 10.8 Å². The minimum Gasteiger partial charge on any atom is -0.369 e. The largest absolute Gasteiger partial charge is 0.369 e. The first-order valence-corrected chi connectivity index (χ1v) is 10.6. The van der Waals surface area contributed by atoms with Crippen molar-refractivity contribution in [2.75, 3.05) is 12.8 Å². The number of aryl methyl sites for hydroxylation is 1. The molecule has 0 fully saturated rings. The van der Waals surface area contributed by atoms with Crippen molar-refractivity contribution in [3.63, 3.8) is 0 Å². The van der Waals surface area contributed by atoms with Crippen molar-refractivity contribution in [1.82, 2.24) is 9.29 Å². The van der Waals surface area contributed by atoms with Crippen LogP contribution >= 0.6 is 11.6 Å². The van der Waals surface area contributed by atoms with Crippen molar-refractivity contribution in [3.8, 4) is 0 Å². The fourth-order valence-corrected chi connectivity index (χ4v) is 4.86. The molecule has 0 bridgehead atoms. The third kappa shape index (κ3) is 4.01. The highest BCUT2D eigenvalue weighted by Crippen LogP contribution is 2.35.